The van der Waals surface area contributed by atoms with E-state index in [1.807, 2.05) is 0 Å². The van der Waals surface area contributed by atoms with E-state index in [1.165, 1.54) is 13.0 Å². The van der Waals surface area contributed by atoms with E-state index in [4.69, 9.17) is 5.73 Å². The largest absolute Gasteiger partial charge is 0.324 e. The van der Waals surface area contributed by atoms with E-state index in [0.29, 0.717) is 11.1 Å². The topological polar surface area (TPSA) is 43.1 Å². The molecule has 0 aliphatic rings. The second-order valence-corrected chi connectivity index (χ2v) is 3.08. The number of hydrogen-bond donors (Lipinski definition) is 1. The van der Waals surface area contributed by atoms with Gasteiger partial charge in [0.15, 0.2) is 5.78 Å². The van der Waals surface area contributed by atoms with E-state index < -0.39 is 5.82 Å². The molecule has 0 fully saturated rings. The van der Waals surface area contributed by atoms with Gasteiger partial charge in [-0.1, -0.05) is 12.1 Å². The summed E-state index contributed by atoms with van der Waals surface area (Å²) >= 11 is 0. The van der Waals surface area contributed by atoms with E-state index in [0.717, 1.165) is 0 Å². The average molecular weight is 181 g/mol. The molecule has 0 heterocycles. The Morgan fingerprint density at radius 1 is 1.54 bits per heavy atom. The van der Waals surface area contributed by atoms with Crippen LogP contribution in [0.5, 0.6) is 0 Å². The number of carbonyl (C=O) groups is 1. The van der Waals surface area contributed by atoms with Gasteiger partial charge in [0.25, 0.3) is 0 Å². The number of ketones is 1. The van der Waals surface area contributed by atoms with Crippen molar-refractivity contribution in [2.75, 3.05) is 0 Å². The molecule has 3 heteroatoms. The molecule has 0 aromatic heterocycles. The van der Waals surface area contributed by atoms with E-state index in [9.17, 15) is 9.18 Å². The molecule has 2 nitrogen and oxygen atoms in total. The highest BCUT2D eigenvalue weighted by molar-refractivity contribution is 5.94. The Kier molecular flexibility index (Phi) is 2.78. The first-order valence-corrected chi connectivity index (χ1v) is 4.08. The monoisotopic (exact) mass is 181 g/mol. The molecule has 0 aliphatic heterocycles. The highest BCUT2D eigenvalue weighted by atomic mass is 19.1. The lowest BCUT2D eigenvalue weighted by Crippen LogP contribution is -2.08. The fourth-order valence-corrected chi connectivity index (χ4v) is 1.12. The molecule has 0 amide bonds. The number of nitrogens with two attached hydrogens (primary N) is 1. The standard InChI is InChI=1S/C10H12FNO/c1-6(12)9-4-3-8(7(2)13)5-10(9)11/h3-6H,12H2,1-2H3. The molecule has 1 rings (SSSR count). The van der Waals surface area contributed by atoms with Crippen LogP contribution in [-0.4, -0.2) is 5.78 Å². The van der Waals surface area contributed by atoms with Gasteiger partial charge >= 0.3 is 0 Å². The minimum atomic E-state index is -0.414. The summed E-state index contributed by atoms with van der Waals surface area (Å²) in [6, 6.07) is 4.02. The molecule has 1 atom stereocenters. The van der Waals surface area contributed by atoms with Crippen molar-refractivity contribution in [3.8, 4) is 0 Å². The Morgan fingerprint density at radius 3 is 2.54 bits per heavy atom. The van der Waals surface area contributed by atoms with Crippen LogP contribution in [0.3, 0.4) is 0 Å². The third kappa shape index (κ3) is 2.12. The molecule has 1 aromatic rings. The van der Waals surface area contributed by atoms with Gasteiger partial charge in [-0.05, 0) is 19.9 Å². The van der Waals surface area contributed by atoms with Crippen LogP contribution in [-0.2, 0) is 0 Å². The second-order valence-electron chi connectivity index (χ2n) is 3.08. The van der Waals surface area contributed by atoms with Gasteiger partial charge in [-0.15, -0.1) is 0 Å². The molecule has 13 heavy (non-hydrogen) atoms. The highest BCUT2D eigenvalue weighted by Crippen LogP contribution is 2.16. The van der Waals surface area contributed by atoms with E-state index >= 15 is 0 Å². The lowest BCUT2D eigenvalue weighted by molar-refractivity contribution is 0.101. The maximum absolute atomic E-state index is 13.2. The predicted molar refractivity (Wildman–Crippen MR) is 49.0 cm³/mol. The minimum Gasteiger partial charge on any atom is -0.324 e. The molecule has 1 aromatic carbocycles. The molecule has 2 N–H and O–H groups in total. The van der Waals surface area contributed by atoms with Gasteiger partial charge < -0.3 is 5.73 Å². The predicted octanol–water partition coefficient (Wildman–Crippen LogP) is 2.05. The van der Waals surface area contributed by atoms with Crippen molar-refractivity contribution in [1.29, 1.82) is 0 Å². The van der Waals surface area contributed by atoms with Crippen molar-refractivity contribution in [2.24, 2.45) is 5.73 Å². The Balaban J connectivity index is 3.13. The number of Topliss-reactive ketones (excluding diaryl/α,β-unsaturated/α-hetero) is 1. The van der Waals surface area contributed by atoms with Crippen LogP contribution >= 0.6 is 0 Å². The SMILES string of the molecule is CC(=O)c1ccc(C(C)N)c(F)c1. The first-order valence-electron chi connectivity index (χ1n) is 4.08. The number of rotatable bonds is 2. The lowest BCUT2D eigenvalue weighted by Gasteiger charge is -2.07. The summed E-state index contributed by atoms with van der Waals surface area (Å²) < 4.78 is 13.2. The van der Waals surface area contributed by atoms with E-state index in [-0.39, 0.29) is 11.8 Å². The molecule has 70 valence electrons. The molecule has 0 saturated heterocycles. The van der Waals surface area contributed by atoms with Crippen molar-refractivity contribution in [2.45, 2.75) is 19.9 Å². The molecular weight excluding hydrogens is 169 g/mol. The fraction of sp³-hybridized carbons (Fsp3) is 0.300. The summed E-state index contributed by atoms with van der Waals surface area (Å²) in [6.07, 6.45) is 0. The lowest BCUT2D eigenvalue weighted by atomic mass is 10.0. The van der Waals surface area contributed by atoms with Gasteiger partial charge in [0.05, 0.1) is 0 Å². The normalized spacial score (nSPS) is 12.6. The number of hydrogen-bond acceptors (Lipinski definition) is 2. The number of benzene rings is 1. The first-order chi connectivity index (χ1) is 6.02. The molecule has 0 bridgehead atoms. The third-order valence-electron chi connectivity index (χ3n) is 1.90. The molecule has 0 radical (unpaired) electrons. The quantitative estimate of drug-likeness (QED) is 0.709. The molecular formula is C10H12FNO. The van der Waals surface area contributed by atoms with Crippen LogP contribution < -0.4 is 5.73 Å². The van der Waals surface area contributed by atoms with Crippen LogP contribution in [0.4, 0.5) is 4.39 Å². The van der Waals surface area contributed by atoms with E-state index in [1.54, 1.807) is 19.1 Å². The Bertz CT molecular complexity index is 334. The third-order valence-corrected chi connectivity index (χ3v) is 1.90. The zero-order chi connectivity index (χ0) is 10.0. The highest BCUT2D eigenvalue weighted by Gasteiger charge is 2.08. The van der Waals surface area contributed by atoms with Gasteiger partial charge in [0, 0.05) is 17.2 Å². The summed E-state index contributed by atoms with van der Waals surface area (Å²) in [7, 11) is 0. The Hall–Kier alpha value is -1.22. The van der Waals surface area contributed by atoms with Crippen molar-refractivity contribution >= 4 is 5.78 Å². The molecule has 0 spiro atoms. The van der Waals surface area contributed by atoms with Gasteiger partial charge in [-0.25, -0.2) is 4.39 Å². The van der Waals surface area contributed by atoms with Crippen molar-refractivity contribution in [3.05, 3.63) is 35.1 Å². The van der Waals surface area contributed by atoms with Crippen molar-refractivity contribution in [1.82, 2.24) is 0 Å². The van der Waals surface area contributed by atoms with Crippen LogP contribution in [0.2, 0.25) is 0 Å². The summed E-state index contributed by atoms with van der Waals surface area (Å²) in [6.45, 7) is 3.10. The summed E-state index contributed by atoms with van der Waals surface area (Å²) in [4.78, 5) is 10.9. The van der Waals surface area contributed by atoms with Gasteiger partial charge in [0.2, 0.25) is 0 Å². The number of halogens is 1. The smallest absolute Gasteiger partial charge is 0.159 e. The maximum atomic E-state index is 13.2. The van der Waals surface area contributed by atoms with Crippen LogP contribution in [0.15, 0.2) is 18.2 Å². The summed E-state index contributed by atoms with van der Waals surface area (Å²) in [5, 5.41) is 0. The first kappa shape index (κ1) is 9.86. The van der Waals surface area contributed by atoms with E-state index in [2.05, 4.69) is 0 Å². The maximum Gasteiger partial charge on any atom is 0.159 e. The summed E-state index contributed by atoms with van der Waals surface area (Å²) in [5.41, 5.74) is 6.33. The second kappa shape index (κ2) is 3.66. The van der Waals surface area contributed by atoms with Gasteiger partial charge in [-0.3, -0.25) is 4.79 Å². The minimum absolute atomic E-state index is 0.143. The Labute approximate surface area is 76.6 Å². The molecule has 1 unspecified atom stereocenters. The van der Waals surface area contributed by atoms with Crippen molar-refractivity contribution < 1.29 is 9.18 Å². The average Bonchev–Trinajstić information content (AvgIpc) is 2.03. The van der Waals surface area contributed by atoms with Crippen LogP contribution in [0.1, 0.15) is 35.8 Å². The van der Waals surface area contributed by atoms with Crippen LogP contribution in [0.25, 0.3) is 0 Å². The summed E-state index contributed by atoms with van der Waals surface area (Å²) in [5.74, 6) is -0.558. The fourth-order valence-electron chi connectivity index (χ4n) is 1.12. The molecule has 0 saturated carbocycles. The van der Waals surface area contributed by atoms with Crippen molar-refractivity contribution in [3.63, 3.8) is 0 Å². The van der Waals surface area contributed by atoms with Gasteiger partial charge in [0.1, 0.15) is 5.82 Å². The van der Waals surface area contributed by atoms with Crippen LogP contribution in [0, 0.1) is 5.82 Å². The zero-order valence-electron chi connectivity index (χ0n) is 7.67. The molecule has 0 aliphatic carbocycles. The number of carbonyl (C=O) groups excluding carboxylic acids is 1. The zero-order valence-corrected chi connectivity index (χ0v) is 7.67. The Morgan fingerprint density at radius 2 is 2.15 bits per heavy atom. The van der Waals surface area contributed by atoms with Gasteiger partial charge in [-0.2, -0.15) is 0 Å².